The number of benzene rings is 6. The Morgan fingerprint density at radius 2 is 1.30 bits per heavy atom. The van der Waals surface area contributed by atoms with Gasteiger partial charge in [0, 0.05) is 16.7 Å². The lowest BCUT2D eigenvalue weighted by molar-refractivity contribution is 0.244. The smallest absolute Gasteiger partial charge is 0.0156 e. The Kier molecular flexibility index (Phi) is 4.52. The van der Waals surface area contributed by atoms with Crippen molar-refractivity contribution in [3.8, 4) is 0 Å². The van der Waals surface area contributed by atoms with Gasteiger partial charge in [-0.1, -0.05) is 146 Å². The Balaban J connectivity index is 1.37. The molecule has 0 N–H and O–H groups in total. The van der Waals surface area contributed by atoms with E-state index in [1.165, 1.54) is 76.5 Å². The zero-order chi connectivity index (χ0) is 29.8. The van der Waals surface area contributed by atoms with E-state index in [0.717, 1.165) is 0 Å². The zero-order valence-electron chi connectivity index (χ0n) is 26.7. The second-order valence-corrected chi connectivity index (χ2v) is 16.0. The summed E-state index contributed by atoms with van der Waals surface area (Å²) in [6.07, 6.45) is 5.41. The quantitative estimate of drug-likeness (QED) is 0.163. The number of allylic oxidation sites excluding steroid dienone is 4. The van der Waals surface area contributed by atoms with E-state index in [4.69, 9.17) is 0 Å². The molecular weight excluding hydrogens is 516 g/mol. The Morgan fingerprint density at radius 1 is 0.628 bits per heavy atom. The van der Waals surface area contributed by atoms with Crippen molar-refractivity contribution in [3.05, 3.63) is 124 Å². The van der Waals surface area contributed by atoms with Crippen molar-refractivity contribution in [2.24, 2.45) is 5.41 Å². The van der Waals surface area contributed by atoms with Crippen LogP contribution in [0.4, 0.5) is 0 Å². The molecule has 9 rings (SSSR count). The predicted molar refractivity (Wildman–Crippen MR) is 186 cm³/mol. The van der Waals surface area contributed by atoms with Crippen molar-refractivity contribution in [3.63, 3.8) is 0 Å². The third kappa shape index (κ3) is 2.89. The van der Waals surface area contributed by atoms with E-state index in [0.29, 0.717) is 5.92 Å². The Hall–Kier alpha value is -3.90. The van der Waals surface area contributed by atoms with Crippen molar-refractivity contribution in [1.82, 2.24) is 0 Å². The average molecular weight is 557 g/mol. The predicted octanol–water partition coefficient (Wildman–Crippen LogP) is 11.7. The van der Waals surface area contributed by atoms with E-state index in [1.807, 2.05) is 0 Å². The minimum atomic E-state index is -0.0445. The van der Waals surface area contributed by atoms with E-state index >= 15 is 0 Å². The van der Waals surface area contributed by atoms with Crippen LogP contribution in [-0.2, 0) is 16.2 Å². The lowest BCUT2D eigenvalue weighted by Crippen LogP contribution is -2.37. The van der Waals surface area contributed by atoms with Crippen LogP contribution in [0.15, 0.2) is 96.6 Å². The third-order valence-electron chi connectivity index (χ3n) is 12.2. The summed E-state index contributed by atoms with van der Waals surface area (Å²) in [4.78, 5) is 0. The monoisotopic (exact) mass is 556 g/mol. The van der Waals surface area contributed by atoms with Gasteiger partial charge in [0.25, 0.3) is 0 Å². The molecule has 0 bridgehead atoms. The van der Waals surface area contributed by atoms with Crippen LogP contribution >= 0.6 is 0 Å². The topological polar surface area (TPSA) is 0 Å². The maximum absolute atomic E-state index is 2.71. The highest BCUT2D eigenvalue weighted by Gasteiger charge is 2.57. The van der Waals surface area contributed by atoms with Crippen LogP contribution < -0.4 is 0 Å². The standard InChI is InChI=1S/C43H40/c1-40(2,3)31-19-16-25-13-14-26-21-34-39(29-18-17-28(31)36(25)37(26)29)35-22-33-30(23-43(35,8)42(34,6)7)38-27-12-10-9-11-24(27)15-20-32(38)41(33,4)5/h9-23,35H,1-8H3. The van der Waals surface area contributed by atoms with Gasteiger partial charge in [0.05, 0.1) is 0 Å². The van der Waals surface area contributed by atoms with Gasteiger partial charge in [-0.15, -0.1) is 0 Å². The van der Waals surface area contributed by atoms with Gasteiger partial charge in [0.1, 0.15) is 0 Å². The van der Waals surface area contributed by atoms with E-state index in [-0.39, 0.29) is 21.7 Å². The molecule has 0 aliphatic heterocycles. The average Bonchev–Trinajstić information content (AvgIpc) is 3.29. The van der Waals surface area contributed by atoms with Crippen molar-refractivity contribution >= 4 is 48.7 Å². The van der Waals surface area contributed by atoms with Crippen molar-refractivity contribution in [2.75, 3.05) is 0 Å². The second-order valence-electron chi connectivity index (χ2n) is 16.0. The van der Waals surface area contributed by atoms with Crippen LogP contribution in [-0.4, -0.2) is 0 Å². The minimum absolute atomic E-state index is 0.0272. The highest BCUT2D eigenvalue weighted by atomic mass is 14.6. The highest BCUT2D eigenvalue weighted by molar-refractivity contribution is 6.25. The summed E-state index contributed by atoms with van der Waals surface area (Å²) in [5, 5.41) is 11.2. The van der Waals surface area contributed by atoms with Gasteiger partial charge in [-0.05, 0) is 92.9 Å². The van der Waals surface area contributed by atoms with Crippen molar-refractivity contribution in [2.45, 2.75) is 77.6 Å². The van der Waals surface area contributed by atoms with E-state index < -0.39 is 0 Å². The molecule has 0 heteroatoms. The number of fused-ring (bicyclic) bond motifs is 9. The van der Waals surface area contributed by atoms with Crippen LogP contribution in [0, 0.1) is 5.41 Å². The van der Waals surface area contributed by atoms with Gasteiger partial charge in [0.15, 0.2) is 0 Å². The van der Waals surface area contributed by atoms with Gasteiger partial charge >= 0.3 is 0 Å². The van der Waals surface area contributed by atoms with Crippen LogP contribution in [0.2, 0.25) is 0 Å². The summed E-state index contributed by atoms with van der Waals surface area (Å²) in [5.41, 5.74) is 10.4. The lowest BCUT2D eigenvalue weighted by Gasteiger charge is -2.43. The molecule has 3 aliphatic rings. The van der Waals surface area contributed by atoms with E-state index in [2.05, 4.69) is 146 Å². The largest absolute Gasteiger partial charge is 0.0714 e. The first-order valence-electron chi connectivity index (χ1n) is 16.1. The number of hydrogen-bond donors (Lipinski definition) is 0. The highest BCUT2D eigenvalue weighted by Crippen LogP contribution is 2.68. The molecule has 6 aromatic carbocycles. The zero-order valence-corrected chi connectivity index (χ0v) is 26.7. The molecule has 43 heavy (non-hydrogen) atoms. The fourth-order valence-corrected chi connectivity index (χ4v) is 9.52. The van der Waals surface area contributed by atoms with Crippen molar-refractivity contribution in [1.29, 1.82) is 0 Å². The first-order chi connectivity index (χ1) is 20.3. The lowest BCUT2D eigenvalue weighted by atomic mass is 9.59. The fourth-order valence-electron chi connectivity index (χ4n) is 9.52. The molecule has 6 aromatic rings. The Morgan fingerprint density at radius 3 is 2.09 bits per heavy atom. The molecule has 0 saturated carbocycles. The van der Waals surface area contributed by atoms with Crippen LogP contribution in [0.5, 0.6) is 0 Å². The molecule has 3 aliphatic carbocycles. The molecule has 0 fully saturated rings. The maximum Gasteiger partial charge on any atom is 0.0156 e. The molecule has 0 radical (unpaired) electrons. The summed E-state index contributed by atoms with van der Waals surface area (Å²) in [6.45, 7) is 19.4. The summed E-state index contributed by atoms with van der Waals surface area (Å²) >= 11 is 0. The molecule has 212 valence electrons. The molecule has 0 nitrogen and oxygen atoms in total. The fraction of sp³-hybridized carbons (Fsp3) is 0.302. The van der Waals surface area contributed by atoms with Gasteiger partial charge < -0.3 is 0 Å². The summed E-state index contributed by atoms with van der Waals surface area (Å²) in [5.74, 6) is 0.322. The summed E-state index contributed by atoms with van der Waals surface area (Å²) < 4.78 is 0. The third-order valence-corrected chi connectivity index (χ3v) is 12.2. The molecule has 0 saturated heterocycles. The molecule has 0 spiro atoms. The van der Waals surface area contributed by atoms with Gasteiger partial charge in [-0.2, -0.15) is 0 Å². The van der Waals surface area contributed by atoms with E-state index in [1.54, 1.807) is 5.56 Å². The molecule has 0 aromatic heterocycles. The van der Waals surface area contributed by atoms with E-state index in [9.17, 15) is 0 Å². The Bertz CT molecular complexity index is 2280. The SMILES string of the molecule is CC(C)(C)c1ccc2ccc3cc4c(c5ccc1c2c35)C1C=C2C(=CC1(C)C4(C)C)c1c(ccc3ccccc13)C2(C)C. The maximum atomic E-state index is 2.71. The summed E-state index contributed by atoms with van der Waals surface area (Å²) in [7, 11) is 0. The van der Waals surface area contributed by atoms with Crippen molar-refractivity contribution < 1.29 is 0 Å². The molecular formula is C43H40. The molecule has 2 unspecified atom stereocenters. The molecule has 0 heterocycles. The van der Waals surface area contributed by atoms with Crippen LogP contribution in [0.25, 0.3) is 48.7 Å². The van der Waals surface area contributed by atoms with Gasteiger partial charge in [-0.25, -0.2) is 0 Å². The van der Waals surface area contributed by atoms with Crippen LogP contribution in [0.1, 0.15) is 89.1 Å². The number of rotatable bonds is 0. The van der Waals surface area contributed by atoms with Gasteiger partial charge in [-0.3, -0.25) is 0 Å². The Labute approximate surface area is 255 Å². The number of hydrogen-bond acceptors (Lipinski definition) is 0. The van der Waals surface area contributed by atoms with Crippen LogP contribution in [0.3, 0.4) is 0 Å². The minimum Gasteiger partial charge on any atom is -0.0714 e. The molecule has 2 atom stereocenters. The second kappa shape index (κ2) is 7.59. The van der Waals surface area contributed by atoms with Gasteiger partial charge in [0.2, 0.25) is 0 Å². The summed E-state index contributed by atoms with van der Waals surface area (Å²) in [6, 6.07) is 30.6. The molecule has 0 amide bonds. The normalized spacial score (nSPS) is 23.4. The first-order valence-corrected chi connectivity index (χ1v) is 16.1. The first kappa shape index (κ1) is 25.6.